The van der Waals surface area contributed by atoms with E-state index in [1.807, 2.05) is 26.0 Å². The second kappa shape index (κ2) is 5.17. The van der Waals surface area contributed by atoms with Gasteiger partial charge in [0.2, 0.25) is 0 Å². The molecule has 0 aromatic heterocycles. The Hall–Kier alpha value is -1.02. The lowest BCUT2D eigenvalue weighted by Crippen LogP contribution is -2.08. The lowest BCUT2D eigenvalue weighted by Gasteiger charge is -2.11. The van der Waals surface area contributed by atoms with Gasteiger partial charge in [-0.3, -0.25) is 4.79 Å². The third kappa shape index (κ3) is 2.72. The number of esters is 1. The number of carbonyl (C=O) groups excluding carboxylic acids is 1. The first-order chi connectivity index (χ1) is 7.10. The molecule has 3 heteroatoms. The fraction of sp³-hybridized carbons (Fsp3) is 0.417. The van der Waals surface area contributed by atoms with Gasteiger partial charge in [-0.05, 0) is 36.1 Å². The van der Waals surface area contributed by atoms with Gasteiger partial charge in [-0.15, -0.1) is 11.6 Å². The Labute approximate surface area is 95.2 Å². The van der Waals surface area contributed by atoms with E-state index in [1.54, 1.807) is 0 Å². The molecule has 82 valence electrons. The molecule has 0 unspecified atom stereocenters. The maximum Gasteiger partial charge on any atom is 0.309 e. The van der Waals surface area contributed by atoms with Crippen molar-refractivity contribution in [3.63, 3.8) is 0 Å². The van der Waals surface area contributed by atoms with E-state index in [0.29, 0.717) is 12.3 Å². The lowest BCUT2D eigenvalue weighted by atomic mass is 9.96. The van der Waals surface area contributed by atoms with Crippen LogP contribution in [-0.4, -0.2) is 13.1 Å². The van der Waals surface area contributed by atoms with E-state index in [4.69, 9.17) is 11.6 Å². The van der Waals surface area contributed by atoms with Crippen LogP contribution in [0.5, 0.6) is 0 Å². The summed E-state index contributed by atoms with van der Waals surface area (Å²) in [6.45, 7) is 3.98. The van der Waals surface area contributed by atoms with Crippen molar-refractivity contribution in [3.05, 3.63) is 34.4 Å². The Balaban J connectivity index is 3.09. The van der Waals surface area contributed by atoms with Crippen molar-refractivity contribution in [1.29, 1.82) is 0 Å². The summed E-state index contributed by atoms with van der Waals surface area (Å²) >= 11 is 5.81. The van der Waals surface area contributed by atoms with Crippen LogP contribution < -0.4 is 0 Å². The Morgan fingerprint density at radius 2 is 2.07 bits per heavy atom. The molecule has 0 N–H and O–H groups in total. The normalized spacial score (nSPS) is 10.1. The first-order valence-electron chi connectivity index (χ1n) is 4.81. The number of halogens is 1. The van der Waals surface area contributed by atoms with E-state index in [9.17, 15) is 4.79 Å². The summed E-state index contributed by atoms with van der Waals surface area (Å²) in [5.41, 5.74) is 4.29. The van der Waals surface area contributed by atoms with Crippen LogP contribution in [-0.2, 0) is 21.8 Å². The highest BCUT2D eigenvalue weighted by atomic mass is 35.5. The Morgan fingerprint density at radius 3 is 2.60 bits per heavy atom. The summed E-state index contributed by atoms with van der Waals surface area (Å²) in [6, 6.07) is 3.99. The van der Waals surface area contributed by atoms with Crippen LogP contribution in [0.3, 0.4) is 0 Å². The minimum atomic E-state index is -0.215. The molecular formula is C12H15ClO2. The van der Waals surface area contributed by atoms with Crippen LogP contribution in [0.25, 0.3) is 0 Å². The van der Waals surface area contributed by atoms with Crippen LogP contribution in [0.15, 0.2) is 12.1 Å². The van der Waals surface area contributed by atoms with Gasteiger partial charge in [-0.2, -0.15) is 0 Å². The SMILES string of the molecule is COC(=O)Cc1c(C)ccc(CCl)c1C. The van der Waals surface area contributed by atoms with Gasteiger partial charge in [0.1, 0.15) is 0 Å². The van der Waals surface area contributed by atoms with Crippen molar-refractivity contribution < 1.29 is 9.53 Å². The van der Waals surface area contributed by atoms with E-state index in [-0.39, 0.29) is 5.97 Å². The Morgan fingerprint density at radius 1 is 1.40 bits per heavy atom. The van der Waals surface area contributed by atoms with Gasteiger partial charge in [0.15, 0.2) is 0 Å². The van der Waals surface area contributed by atoms with Crippen LogP contribution in [0.1, 0.15) is 22.3 Å². The van der Waals surface area contributed by atoms with Crippen LogP contribution in [0.2, 0.25) is 0 Å². The highest BCUT2D eigenvalue weighted by molar-refractivity contribution is 6.17. The Kier molecular flexibility index (Phi) is 4.15. The highest BCUT2D eigenvalue weighted by Crippen LogP contribution is 2.20. The second-order valence-corrected chi connectivity index (χ2v) is 3.80. The molecule has 0 saturated heterocycles. The van der Waals surface area contributed by atoms with E-state index >= 15 is 0 Å². The van der Waals surface area contributed by atoms with Crippen LogP contribution in [0.4, 0.5) is 0 Å². The van der Waals surface area contributed by atoms with Gasteiger partial charge in [-0.1, -0.05) is 12.1 Å². The molecule has 1 aromatic carbocycles. The fourth-order valence-corrected chi connectivity index (χ4v) is 1.86. The van der Waals surface area contributed by atoms with Gasteiger partial charge in [0, 0.05) is 5.88 Å². The molecule has 15 heavy (non-hydrogen) atoms. The Bertz CT molecular complexity index is 372. The van der Waals surface area contributed by atoms with Gasteiger partial charge in [-0.25, -0.2) is 0 Å². The second-order valence-electron chi connectivity index (χ2n) is 3.53. The number of alkyl halides is 1. The number of carbonyl (C=O) groups is 1. The molecule has 0 atom stereocenters. The zero-order chi connectivity index (χ0) is 11.4. The summed E-state index contributed by atoms with van der Waals surface area (Å²) in [5, 5.41) is 0. The zero-order valence-corrected chi connectivity index (χ0v) is 10.0. The number of hydrogen-bond donors (Lipinski definition) is 0. The molecule has 0 amide bonds. The predicted molar refractivity (Wildman–Crippen MR) is 61.2 cm³/mol. The molecule has 0 aliphatic heterocycles. The number of hydrogen-bond acceptors (Lipinski definition) is 2. The van der Waals surface area contributed by atoms with E-state index in [2.05, 4.69) is 4.74 Å². The van der Waals surface area contributed by atoms with Crippen LogP contribution in [0, 0.1) is 13.8 Å². The van der Waals surface area contributed by atoms with Gasteiger partial charge in [0.25, 0.3) is 0 Å². The predicted octanol–water partition coefficient (Wildman–Crippen LogP) is 2.76. The fourth-order valence-electron chi connectivity index (χ4n) is 1.57. The number of benzene rings is 1. The minimum Gasteiger partial charge on any atom is -0.469 e. The molecule has 1 aromatic rings. The standard InChI is InChI=1S/C12H15ClO2/c1-8-4-5-10(7-13)9(2)11(8)6-12(14)15-3/h4-5H,6-7H2,1-3H3. The van der Waals surface area contributed by atoms with E-state index < -0.39 is 0 Å². The minimum absolute atomic E-state index is 0.215. The maximum atomic E-state index is 11.2. The monoisotopic (exact) mass is 226 g/mol. The smallest absolute Gasteiger partial charge is 0.309 e. The van der Waals surface area contributed by atoms with E-state index in [0.717, 1.165) is 22.3 Å². The molecule has 0 aliphatic rings. The third-order valence-electron chi connectivity index (χ3n) is 2.64. The van der Waals surface area contributed by atoms with Gasteiger partial charge >= 0.3 is 5.97 Å². The van der Waals surface area contributed by atoms with Crippen molar-refractivity contribution in [2.45, 2.75) is 26.1 Å². The van der Waals surface area contributed by atoms with Crippen LogP contribution >= 0.6 is 11.6 Å². The summed E-state index contributed by atoms with van der Waals surface area (Å²) in [5.74, 6) is 0.258. The molecule has 0 fully saturated rings. The molecule has 0 radical (unpaired) electrons. The molecular weight excluding hydrogens is 212 g/mol. The summed E-state index contributed by atoms with van der Waals surface area (Å²) < 4.78 is 4.67. The molecule has 0 heterocycles. The van der Waals surface area contributed by atoms with Gasteiger partial charge in [0.05, 0.1) is 13.5 Å². The van der Waals surface area contributed by atoms with Crippen molar-refractivity contribution in [2.75, 3.05) is 7.11 Å². The van der Waals surface area contributed by atoms with Crippen molar-refractivity contribution >= 4 is 17.6 Å². The van der Waals surface area contributed by atoms with Crippen molar-refractivity contribution in [3.8, 4) is 0 Å². The third-order valence-corrected chi connectivity index (χ3v) is 2.93. The number of ether oxygens (including phenoxy) is 1. The first-order valence-corrected chi connectivity index (χ1v) is 5.34. The summed E-state index contributed by atoms with van der Waals surface area (Å²) in [6.07, 6.45) is 0.318. The molecule has 0 spiro atoms. The number of aryl methyl sites for hydroxylation is 1. The van der Waals surface area contributed by atoms with Gasteiger partial charge < -0.3 is 4.74 Å². The highest BCUT2D eigenvalue weighted by Gasteiger charge is 2.11. The average Bonchev–Trinajstić information content (AvgIpc) is 2.24. The average molecular weight is 227 g/mol. The van der Waals surface area contributed by atoms with Crippen molar-refractivity contribution in [2.24, 2.45) is 0 Å². The maximum absolute atomic E-state index is 11.2. The largest absolute Gasteiger partial charge is 0.469 e. The molecule has 0 bridgehead atoms. The van der Waals surface area contributed by atoms with Crippen molar-refractivity contribution in [1.82, 2.24) is 0 Å². The molecule has 0 aliphatic carbocycles. The number of methoxy groups -OCH3 is 1. The number of rotatable bonds is 3. The summed E-state index contributed by atoms with van der Waals surface area (Å²) in [4.78, 5) is 11.2. The van der Waals surface area contributed by atoms with E-state index in [1.165, 1.54) is 7.11 Å². The quantitative estimate of drug-likeness (QED) is 0.585. The molecule has 2 nitrogen and oxygen atoms in total. The zero-order valence-electron chi connectivity index (χ0n) is 9.26. The lowest BCUT2D eigenvalue weighted by molar-refractivity contribution is -0.139. The topological polar surface area (TPSA) is 26.3 Å². The first kappa shape index (κ1) is 12.1. The summed E-state index contributed by atoms with van der Waals surface area (Å²) in [7, 11) is 1.40. The molecule has 0 saturated carbocycles. The molecule has 1 rings (SSSR count).